The van der Waals surface area contributed by atoms with E-state index in [9.17, 15) is 4.79 Å². The number of hydrogen-bond donors (Lipinski definition) is 2. The standard InChI is InChI=1S/C15H20N4O2/c1-4-13-18-15(21-19-13)11-6-5-10(2)12(9-11)17-14(20)7-8-16-3/h5-6,9,16H,4,7-8H2,1-3H3,(H,17,20). The van der Waals surface area contributed by atoms with Crippen LogP contribution in [-0.4, -0.2) is 29.6 Å². The van der Waals surface area contributed by atoms with Crippen LogP contribution in [0.5, 0.6) is 0 Å². The second kappa shape index (κ2) is 6.99. The summed E-state index contributed by atoms with van der Waals surface area (Å²) >= 11 is 0. The van der Waals surface area contributed by atoms with Gasteiger partial charge in [-0.05, 0) is 31.7 Å². The van der Waals surface area contributed by atoms with Gasteiger partial charge in [0.15, 0.2) is 5.82 Å². The van der Waals surface area contributed by atoms with Gasteiger partial charge in [0, 0.05) is 30.6 Å². The summed E-state index contributed by atoms with van der Waals surface area (Å²) in [5.74, 6) is 1.12. The molecule has 2 aromatic rings. The second-order valence-electron chi connectivity index (χ2n) is 4.80. The summed E-state index contributed by atoms with van der Waals surface area (Å²) < 4.78 is 5.22. The van der Waals surface area contributed by atoms with Gasteiger partial charge in [-0.3, -0.25) is 4.79 Å². The Kier molecular flexibility index (Phi) is 5.05. The van der Waals surface area contributed by atoms with Crippen molar-refractivity contribution in [1.29, 1.82) is 0 Å². The molecule has 0 aliphatic carbocycles. The smallest absolute Gasteiger partial charge is 0.257 e. The number of aryl methyl sites for hydroxylation is 2. The lowest BCUT2D eigenvalue weighted by Crippen LogP contribution is -2.19. The van der Waals surface area contributed by atoms with Gasteiger partial charge < -0.3 is 15.2 Å². The first kappa shape index (κ1) is 15.2. The van der Waals surface area contributed by atoms with E-state index in [0.29, 0.717) is 24.7 Å². The van der Waals surface area contributed by atoms with E-state index in [4.69, 9.17) is 4.52 Å². The van der Waals surface area contributed by atoms with Gasteiger partial charge >= 0.3 is 0 Å². The van der Waals surface area contributed by atoms with E-state index in [-0.39, 0.29) is 5.91 Å². The number of carbonyl (C=O) groups is 1. The van der Waals surface area contributed by atoms with Crippen molar-refractivity contribution < 1.29 is 9.32 Å². The SMILES string of the molecule is CCc1noc(-c2ccc(C)c(NC(=O)CCNC)c2)n1. The second-order valence-corrected chi connectivity index (χ2v) is 4.80. The Morgan fingerprint density at radius 2 is 2.19 bits per heavy atom. The van der Waals surface area contributed by atoms with E-state index in [1.165, 1.54) is 0 Å². The molecule has 0 spiro atoms. The minimum atomic E-state index is -0.0237. The molecule has 6 nitrogen and oxygen atoms in total. The molecule has 6 heteroatoms. The molecule has 112 valence electrons. The van der Waals surface area contributed by atoms with E-state index in [1.54, 1.807) is 0 Å². The van der Waals surface area contributed by atoms with Crippen molar-refractivity contribution in [3.05, 3.63) is 29.6 Å². The highest BCUT2D eigenvalue weighted by Crippen LogP contribution is 2.24. The molecule has 1 amide bonds. The molecule has 0 atom stereocenters. The minimum Gasteiger partial charge on any atom is -0.334 e. The molecule has 1 aromatic heterocycles. The van der Waals surface area contributed by atoms with Crippen LogP contribution in [0.2, 0.25) is 0 Å². The van der Waals surface area contributed by atoms with Gasteiger partial charge in [0.25, 0.3) is 5.89 Å². The lowest BCUT2D eigenvalue weighted by Gasteiger charge is -2.09. The molecule has 0 fully saturated rings. The van der Waals surface area contributed by atoms with Crippen molar-refractivity contribution in [3.63, 3.8) is 0 Å². The molecule has 1 heterocycles. The van der Waals surface area contributed by atoms with Gasteiger partial charge in [-0.2, -0.15) is 4.98 Å². The third kappa shape index (κ3) is 3.88. The Balaban J connectivity index is 2.18. The Morgan fingerprint density at radius 1 is 1.38 bits per heavy atom. The molecule has 0 unspecified atom stereocenters. The number of aromatic nitrogens is 2. The Bertz CT molecular complexity index is 622. The summed E-state index contributed by atoms with van der Waals surface area (Å²) in [6, 6.07) is 5.70. The average molecular weight is 288 g/mol. The number of benzene rings is 1. The zero-order valence-corrected chi connectivity index (χ0v) is 12.6. The first-order valence-corrected chi connectivity index (χ1v) is 7.02. The van der Waals surface area contributed by atoms with E-state index in [1.807, 2.05) is 39.1 Å². The lowest BCUT2D eigenvalue weighted by atomic mass is 10.1. The van der Waals surface area contributed by atoms with Gasteiger partial charge in [0.05, 0.1) is 0 Å². The average Bonchev–Trinajstić information content (AvgIpc) is 2.96. The molecule has 2 N–H and O–H groups in total. The Hall–Kier alpha value is -2.21. The van der Waals surface area contributed by atoms with Crippen LogP contribution in [0.3, 0.4) is 0 Å². The molecule has 0 saturated carbocycles. The van der Waals surface area contributed by atoms with Crippen LogP contribution in [0.4, 0.5) is 5.69 Å². The topological polar surface area (TPSA) is 80.0 Å². The predicted molar refractivity (Wildman–Crippen MR) is 81.0 cm³/mol. The molecule has 0 radical (unpaired) electrons. The molecular weight excluding hydrogens is 268 g/mol. The summed E-state index contributed by atoms with van der Waals surface area (Å²) in [5.41, 5.74) is 2.56. The van der Waals surface area contributed by atoms with Crippen molar-refractivity contribution in [2.75, 3.05) is 18.9 Å². The number of nitrogens with one attached hydrogen (secondary N) is 2. The Labute approximate surface area is 123 Å². The van der Waals surface area contributed by atoms with Gasteiger partial charge in [0.2, 0.25) is 5.91 Å². The summed E-state index contributed by atoms with van der Waals surface area (Å²) in [6.45, 7) is 4.56. The first-order valence-electron chi connectivity index (χ1n) is 7.02. The summed E-state index contributed by atoms with van der Waals surface area (Å²) in [7, 11) is 1.82. The maximum Gasteiger partial charge on any atom is 0.257 e. The molecule has 0 aliphatic rings. The fourth-order valence-corrected chi connectivity index (χ4v) is 1.86. The van der Waals surface area contributed by atoms with Crippen LogP contribution >= 0.6 is 0 Å². The van der Waals surface area contributed by atoms with E-state index in [2.05, 4.69) is 20.8 Å². The predicted octanol–water partition coefficient (Wildman–Crippen LogP) is 2.16. The van der Waals surface area contributed by atoms with Crippen LogP contribution in [0.15, 0.2) is 22.7 Å². The molecule has 0 aliphatic heterocycles. The van der Waals surface area contributed by atoms with Gasteiger partial charge in [-0.25, -0.2) is 0 Å². The van der Waals surface area contributed by atoms with Gasteiger partial charge in [-0.15, -0.1) is 0 Å². The monoisotopic (exact) mass is 288 g/mol. The molecular formula is C15H20N4O2. The van der Waals surface area contributed by atoms with Crippen LogP contribution < -0.4 is 10.6 Å². The lowest BCUT2D eigenvalue weighted by molar-refractivity contribution is -0.116. The maximum atomic E-state index is 11.8. The molecule has 2 rings (SSSR count). The summed E-state index contributed by atoms with van der Waals surface area (Å²) in [4.78, 5) is 16.1. The van der Waals surface area contributed by atoms with Crippen LogP contribution in [-0.2, 0) is 11.2 Å². The quantitative estimate of drug-likeness (QED) is 0.851. The Morgan fingerprint density at radius 3 is 2.86 bits per heavy atom. The van der Waals surface area contributed by atoms with Gasteiger partial charge in [0.1, 0.15) is 0 Å². The number of carbonyl (C=O) groups excluding carboxylic acids is 1. The highest BCUT2D eigenvalue weighted by molar-refractivity contribution is 5.92. The van der Waals surface area contributed by atoms with Crippen LogP contribution in [0.1, 0.15) is 24.7 Å². The molecule has 1 aromatic carbocycles. The zero-order valence-electron chi connectivity index (χ0n) is 12.6. The number of nitrogens with zero attached hydrogens (tertiary/aromatic N) is 2. The van der Waals surface area contributed by atoms with Crippen molar-refractivity contribution in [3.8, 4) is 11.5 Å². The first-order chi connectivity index (χ1) is 10.1. The molecule has 0 bridgehead atoms. The van der Waals surface area contributed by atoms with Crippen LogP contribution in [0.25, 0.3) is 11.5 Å². The van der Waals surface area contributed by atoms with Crippen molar-refractivity contribution >= 4 is 11.6 Å². The fraction of sp³-hybridized carbons (Fsp3) is 0.400. The molecule has 21 heavy (non-hydrogen) atoms. The van der Waals surface area contributed by atoms with E-state index >= 15 is 0 Å². The summed E-state index contributed by atoms with van der Waals surface area (Å²) in [6.07, 6.45) is 1.16. The fourth-order valence-electron chi connectivity index (χ4n) is 1.86. The highest BCUT2D eigenvalue weighted by Gasteiger charge is 2.11. The van der Waals surface area contributed by atoms with Crippen molar-refractivity contribution in [2.24, 2.45) is 0 Å². The largest absolute Gasteiger partial charge is 0.334 e. The van der Waals surface area contributed by atoms with Crippen molar-refractivity contribution in [2.45, 2.75) is 26.7 Å². The van der Waals surface area contributed by atoms with Crippen LogP contribution in [0, 0.1) is 6.92 Å². The van der Waals surface area contributed by atoms with E-state index in [0.717, 1.165) is 23.2 Å². The number of amides is 1. The molecule has 0 saturated heterocycles. The van der Waals surface area contributed by atoms with E-state index < -0.39 is 0 Å². The van der Waals surface area contributed by atoms with Crippen molar-refractivity contribution in [1.82, 2.24) is 15.5 Å². The number of anilines is 1. The minimum absolute atomic E-state index is 0.0237. The summed E-state index contributed by atoms with van der Waals surface area (Å²) in [5, 5.41) is 9.74. The maximum absolute atomic E-state index is 11.8. The third-order valence-electron chi connectivity index (χ3n) is 3.14. The number of rotatable bonds is 6. The zero-order chi connectivity index (χ0) is 15.2. The normalized spacial score (nSPS) is 10.6. The number of hydrogen-bond acceptors (Lipinski definition) is 5. The third-order valence-corrected chi connectivity index (χ3v) is 3.14. The van der Waals surface area contributed by atoms with Gasteiger partial charge in [-0.1, -0.05) is 18.1 Å². The highest BCUT2D eigenvalue weighted by atomic mass is 16.5.